The maximum Gasteiger partial charge on any atom is 0.308 e. The van der Waals surface area contributed by atoms with Gasteiger partial charge in [0.05, 0.1) is 19.6 Å². The van der Waals surface area contributed by atoms with Gasteiger partial charge in [-0.1, -0.05) is 11.6 Å². The van der Waals surface area contributed by atoms with E-state index in [-0.39, 0.29) is 6.42 Å². The molecule has 4 nitrogen and oxygen atoms in total. The lowest BCUT2D eigenvalue weighted by atomic mass is 10.1. The van der Waals surface area contributed by atoms with Crippen molar-refractivity contribution >= 4 is 17.6 Å². The van der Waals surface area contributed by atoms with Gasteiger partial charge in [0.25, 0.3) is 0 Å². The Morgan fingerprint density at radius 1 is 1.67 bits per heavy atom. The smallest absolute Gasteiger partial charge is 0.308 e. The van der Waals surface area contributed by atoms with Crippen LogP contribution in [0.25, 0.3) is 0 Å². The molecular formula is C10H12ClNO3. The molecule has 0 aliphatic heterocycles. The average molecular weight is 230 g/mol. The number of nitrogens with zero attached hydrogens (tertiary/aromatic N) is 1. The molecule has 82 valence electrons. The van der Waals surface area contributed by atoms with Gasteiger partial charge in [0.1, 0.15) is 5.15 Å². The van der Waals surface area contributed by atoms with Crippen LogP contribution in [0.2, 0.25) is 5.15 Å². The van der Waals surface area contributed by atoms with Gasteiger partial charge in [-0.25, -0.2) is 4.98 Å². The highest BCUT2D eigenvalue weighted by molar-refractivity contribution is 6.29. The fraction of sp³-hybridized carbons (Fsp3) is 0.400. The normalized spacial score (nSPS) is 12.3. The van der Waals surface area contributed by atoms with Crippen molar-refractivity contribution in [3.8, 4) is 0 Å². The fourth-order valence-electron chi connectivity index (χ4n) is 1.20. The van der Waals surface area contributed by atoms with E-state index in [1.807, 2.05) is 0 Å². The molecule has 0 saturated heterocycles. The van der Waals surface area contributed by atoms with Crippen molar-refractivity contribution in [2.24, 2.45) is 0 Å². The zero-order chi connectivity index (χ0) is 11.4. The van der Waals surface area contributed by atoms with Gasteiger partial charge in [-0.05, 0) is 24.6 Å². The van der Waals surface area contributed by atoms with E-state index in [0.717, 1.165) is 0 Å². The number of carbonyl (C=O) groups excluding carboxylic acids is 1. The molecule has 0 fully saturated rings. The topological polar surface area (TPSA) is 59.4 Å². The molecule has 1 aromatic rings. The average Bonchev–Trinajstić information content (AvgIpc) is 2.16. The first-order chi connectivity index (χ1) is 7.02. The minimum atomic E-state index is -0.906. The fourth-order valence-corrected chi connectivity index (χ4v) is 1.46. The van der Waals surface area contributed by atoms with Crippen molar-refractivity contribution in [2.45, 2.75) is 19.4 Å². The molecule has 0 aliphatic rings. The molecule has 0 aromatic carbocycles. The summed E-state index contributed by atoms with van der Waals surface area (Å²) in [4.78, 5) is 14.9. The van der Waals surface area contributed by atoms with Crippen LogP contribution < -0.4 is 0 Å². The summed E-state index contributed by atoms with van der Waals surface area (Å²) in [7, 11) is 1.28. The van der Waals surface area contributed by atoms with Crippen LogP contribution in [0.5, 0.6) is 0 Å². The van der Waals surface area contributed by atoms with E-state index in [9.17, 15) is 9.90 Å². The number of methoxy groups -OCH3 is 1. The van der Waals surface area contributed by atoms with Gasteiger partial charge >= 0.3 is 5.97 Å². The number of halogens is 1. The van der Waals surface area contributed by atoms with Crippen LogP contribution >= 0.6 is 11.6 Å². The SMILES string of the molecule is COC(=O)C[C@@H](O)c1cc(C)nc(Cl)c1. The lowest BCUT2D eigenvalue weighted by molar-refractivity contribution is -0.142. The Balaban J connectivity index is 2.81. The second-order valence-corrected chi connectivity index (χ2v) is 3.55. The quantitative estimate of drug-likeness (QED) is 0.632. The summed E-state index contributed by atoms with van der Waals surface area (Å²) in [6, 6.07) is 3.21. The van der Waals surface area contributed by atoms with Crippen molar-refractivity contribution in [3.05, 3.63) is 28.5 Å². The van der Waals surface area contributed by atoms with E-state index in [2.05, 4.69) is 9.72 Å². The maximum absolute atomic E-state index is 10.9. The van der Waals surface area contributed by atoms with Crippen LogP contribution in [0.4, 0.5) is 0 Å². The molecule has 0 spiro atoms. The molecule has 1 rings (SSSR count). The first-order valence-corrected chi connectivity index (χ1v) is 4.79. The van der Waals surface area contributed by atoms with Gasteiger partial charge in [-0.3, -0.25) is 4.79 Å². The van der Waals surface area contributed by atoms with E-state index in [0.29, 0.717) is 16.4 Å². The Bertz CT molecular complexity index is 347. The number of aryl methyl sites for hydroxylation is 1. The van der Waals surface area contributed by atoms with Crippen LogP contribution in [0, 0.1) is 6.92 Å². The number of aliphatic hydroxyl groups excluding tert-OH is 1. The third-order valence-electron chi connectivity index (χ3n) is 1.92. The number of esters is 1. The molecular weight excluding hydrogens is 218 g/mol. The third-order valence-corrected chi connectivity index (χ3v) is 2.11. The van der Waals surface area contributed by atoms with Crippen molar-refractivity contribution in [3.63, 3.8) is 0 Å². The molecule has 0 radical (unpaired) electrons. The summed E-state index contributed by atoms with van der Waals surface area (Å²) >= 11 is 5.73. The summed E-state index contributed by atoms with van der Waals surface area (Å²) in [5, 5.41) is 9.98. The Labute approximate surface area is 92.8 Å². The Hall–Kier alpha value is -1.13. The minimum Gasteiger partial charge on any atom is -0.469 e. The van der Waals surface area contributed by atoms with Crippen molar-refractivity contribution in [1.82, 2.24) is 4.98 Å². The second-order valence-electron chi connectivity index (χ2n) is 3.16. The number of aliphatic hydroxyl groups is 1. The summed E-state index contributed by atoms with van der Waals surface area (Å²) in [6.07, 6.45) is -0.993. The second kappa shape index (κ2) is 5.09. The molecule has 1 aromatic heterocycles. The van der Waals surface area contributed by atoms with E-state index < -0.39 is 12.1 Å². The van der Waals surface area contributed by atoms with Crippen LogP contribution in [0.15, 0.2) is 12.1 Å². The highest BCUT2D eigenvalue weighted by Crippen LogP contribution is 2.20. The van der Waals surface area contributed by atoms with Gasteiger partial charge in [0, 0.05) is 5.69 Å². The van der Waals surface area contributed by atoms with Gasteiger partial charge in [-0.15, -0.1) is 0 Å². The number of ether oxygens (including phenoxy) is 1. The predicted molar refractivity (Wildman–Crippen MR) is 55.6 cm³/mol. The van der Waals surface area contributed by atoms with E-state index in [1.165, 1.54) is 13.2 Å². The van der Waals surface area contributed by atoms with Crippen molar-refractivity contribution in [1.29, 1.82) is 0 Å². The molecule has 0 saturated carbocycles. The molecule has 0 amide bonds. The largest absolute Gasteiger partial charge is 0.469 e. The number of rotatable bonds is 3. The number of hydrogen-bond donors (Lipinski definition) is 1. The van der Waals surface area contributed by atoms with Crippen LogP contribution in [-0.4, -0.2) is 23.2 Å². The summed E-state index contributed by atoms with van der Waals surface area (Å²) in [5.41, 5.74) is 1.26. The Morgan fingerprint density at radius 3 is 2.87 bits per heavy atom. The highest BCUT2D eigenvalue weighted by Gasteiger charge is 2.14. The zero-order valence-electron chi connectivity index (χ0n) is 8.53. The molecule has 1 N–H and O–H groups in total. The van der Waals surface area contributed by atoms with E-state index in [1.54, 1.807) is 13.0 Å². The van der Waals surface area contributed by atoms with Gasteiger partial charge in [-0.2, -0.15) is 0 Å². The summed E-state index contributed by atoms with van der Waals surface area (Å²) < 4.78 is 4.46. The lowest BCUT2D eigenvalue weighted by Gasteiger charge is -2.10. The molecule has 5 heteroatoms. The first kappa shape index (κ1) is 11.9. The van der Waals surface area contributed by atoms with Crippen LogP contribution in [0.1, 0.15) is 23.8 Å². The number of hydrogen-bond acceptors (Lipinski definition) is 4. The number of carbonyl (C=O) groups is 1. The third kappa shape index (κ3) is 3.49. The van der Waals surface area contributed by atoms with E-state index in [4.69, 9.17) is 11.6 Å². The number of aromatic nitrogens is 1. The summed E-state index contributed by atoms with van der Waals surface area (Å²) in [5.74, 6) is -0.465. The van der Waals surface area contributed by atoms with Gasteiger partial charge < -0.3 is 9.84 Å². The molecule has 0 aliphatic carbocycles. The lowest BCUT2D eigenvalue weighted by Crippen LogP contribution is -2.08. The Kier molecular flexibility index (Phi) is 4.05. The van der Waals surface area contributed by atoms with Crippen LogP contribution in [0.3, 0.4) is 0 Å². The van der Waals surface area contributed by atoms with Crippen molar-refractivity contribution < 1.29 is 14.6 Å². The van der Waals surface area contributed by atoms with E-state index >= 15 is 0 Å². The highest BCUT2D eigenvalue weighted by atomic mass is 35.5. The maximum atomic E-state index is 10.9. The Morgan fingerprint density at radius 2 is 2.33 bits per heavy atom. The number of pyridine rings is 1. The van der Waals surface area contributed by atoms with Gasteiger partial charge in [0.15, 0.2) is 0 Å². The van der Waals surface area contributed by atoms with Crippen LogP contribution in [-0.2, 0) is 9.53 Å². The standard InChI is InChI=1S/C10H12ClNO3/c1-6-3-7(4-9(11)12-6)8(13)5-10(14)15-2/h3-4,8,13H,5H2,1-2H3/t8-/m1/s1. The molecule has 1 atom stereocenters. The minimum absolute atomic E-state index is 0.0870. The molecule has 1 heterocycles. The molecule has 0 unspecified atom stereocenters. The first-order valence-electron chi connectivity index (χ1n) is 4.42. The zero-order valence-corrected chi connectivity index (χ0v) is 9.28. The molecule has 0 bridgehead atoms. The summed E-state index contributed by atoms with van der Waals surface area (Å²) in [6.45, 7) is 1.76. The van der Waals surface area contributed by atoms with Gasteiger partial charge in [0.2, 0.25) is 0 Å². The predicted octanol–water partition coefficient (Wildman–Crippen LogP) is 1.64. The monoisotopic (exact) mass is 229 g/mol. The molecule has 15 heavy (non-hydrogen) atoms. The van der Waals surface area contributed by atoms with Crippen molar-refractivity contribution in [2.75, 3.05) is 7.11 Å².